The van der Waals surface area contributed by atoms with Gasteiger partial charge in [-0.2, -0.15) is 0 Å². The van der Waals surface area contributed by atoms with Crippen molar-refractivity contribution in [1.82, 2.24) is 5.32 Å². The van der Waals surface area contributed by atoms with Crippen molar-refractivity contribution in [3.8, 4) is 11.5 Å². The quantitative estimate of drug-likeness (QED) is 0.797. The first kappa shape index (κ1) is 13.9. The second-order valence-electron chi connectivity index (χ2n) is 4.74. The average molecular weight is 261 g/mol. The van der Waals surface area contributed by atoms with E-state index in [0.29, 0.717) is 13.2 Å². The minimum absolute atomic E-state index is 0.638. The average Bonchev–Trinajstić information content (AvgIpc) is 2.46. The van der Waals surface area contributed by atoms with Crippen molar-refractivity contribution in [3.63, 3.8) is 0 Å². The molecule has 2 rings (SSSR count). The first-order valence-electron chi connectivity index (χ1n) is 7.13. The topological polar surface area (TPSA) is 30.5 Å². The molecule has 0 saturated carbocycles. The summed E-state index contributed by atoms with van der Waals surface area (Å²) in [6, 6.07) is 6.14. The second kappa shape index (κ2) is 7.19. The highest BCUT2D eigenvalue weighted by molar-refractivity contribution is 5.58. The Morgan fingerprint density at radius 1 is 1.21 bits per heavy atom. The lowest BCUT2D eigenvalue weighted by Crippen LogP contribution is -2.17. The van der Waals surface area contributed by atoms with E-state index in [4.69, 9.17) is 9.47 Å². The zero-order valence-electron chi connectivity index (χ0n) is 11.9. The molecule has 0 bridgehead atoms. The van der Waals surface area contributed by atoms with Gasteiger partial charge in [-0.15, -0.1) is 0 Å². The van der Waals surface area contributed by atoms with Crippen molar-refractivity contribution in [2.75, 3.05) is 26.3 Å². The van der Waals surface area contributed by atoms with Crippen molar-refractivity contribution < 1.29 is 9.47 Å². The van der Waals surface area contributed by atoms with E-state index < -0.39 is 0 Å². The molecule has 0 amide bonds. The highest BCUT2D eigenvalue weighted by atomic mass is 16.6. The van der Waals surface area contributed by atoms with Crippen LogP contribution < -0.4 is 14.8 Å². The molecule has 1 N–H and O–H groups in total. The summed E-state index contributed by atoms with van der Waals surface area (Å²) in [6.07, 6.45) is 4.47. The van der Waals surface area contributed by atoms with Crippen LogP contribution in [-0.2, 0) is 0 Å². The van der Waals surface area contributed by atoms with Crippen molar-refractivity contribution in [1.29, 1.82) is 0 Å². The molecular weight excluding hydrogens is 238 g/mol. The molecule has 19 heavy (non-hydrogen) atoms. The number of hydrogen-bond donors (Lipinski definition) is 1. The number of benzene rings is 1. The predicted molar refractivity (Wildman–Crippen MR) is 78.9 cm³/mol. The van der Waals surface area contributed by atoms with Crippen LogP contribution in [-0.4, -0.2) is 26.3 Å². The second-order valence-corrected chi connectivity index (χ2v) is 4.74. The normalized spacial score (nSPS) is 14.5. The fraction of sp³-hybridized carbons (Fsp3) is 0.500. The molecule has 0 saturated heterocycles. The smallest absolute Gasteiger partial charge is 0.161 e. The summed E-state index contributed by atoms with van der Waals surface area (Å²) in [5.74, 6) is 1.71. The SMILES string of the molecule is CCCNCC(=Cc1ccc2c(c1)OCCO2)CC. The molecule has 1 aliphatic heterocycles. The summed E-state index contributed by atoms with van der Waals surface area (Å²) in [5, 5.41) is 3.44. The van der Waals surface area contributed by atoms with Gasteiger partial charge in [0.15, 0.2) is 11.5 Å². The predicted octanol–water partition coefficient (Wildman–Crippen LogP) is 3.25. The number of fused-ring (bicyclic) bond motifs is 1. The van der Waals surface area contributed by atoms with E-state index in [0.717, 1.165) is 31.0 Å². The van der Waals surface area contributed by atoms with E-state index in [-0.39, 0.29) is 0 Å². The fourth-order valence-corrected chi connectivity index (χ4v) is 2.09. The fourth-order valence-electron chi connectivity index (χ4n) is 2.09. The number of rotatable bonds is 6. The number of nitrogens with one attached hydrogen (secondary N) is 1. The molecule has 104 valence electrons. The van der Waals surface area contributed by atoms with Gasteiger partial charge in [0.05, 0.1) is 0 Å². The third-order valence-corrected chi connectivity index (χ3v) is 3.17. The van der Waals surface area contributed by atoms with Crippen LogP contribution in [0.4, 0.5) is 0 Å². The van der Waals surface area contributed by atoms with Gasteiger partial charge in [-0.1, -0.05) is 31.6 Å². The molecule has 1 aliphatic rings. The first-order chi connectivity index (χ1) is 9.33. The highest BCUT2D eigenvalue weighted by Gasteiger charge is 2.10. The molecule has 3 nitrogen and oxygen atoms in total. The highest BCUT2D eigenvalue weighted by Crippen LogP contribution is 2.31. The van der Waals surface area contributed by atoms with E-state index in [1.165, 1.54) is 17.6 Å². The Morgan fingerprint density at radius 3 is 2.74 bits per heavy atom. The maximum absolute atomic E-state index is 5.61. The Bertz CT molecular complexity index is 440. The van der Waals surface area contributed by atoms with Gasteiger partial charge in [0.1, 0.15) is 13.2 Å². The van der Waals surface area contributed by atoms with Crippen molar-refractivity contribution in [2.45, 2.75) is 26.7 Å². The molecule has 1 heterocycles. The zero-order chi connectivity index (χ0) is 13.5. The summed E-state index contributed by atoms with van der Waals surface area (Å²) >= 11 is 0. The monoisotopic (exact) mass is 261 g/mol. The van der Waals surface area contributed by atoms with Gasteiger partial charge in [-0.05, 0) is 37.1 Å². The lowest BCUT2D eigenvalue weighted by atomic mass is 10.1. The molecule has 0 spiro atoms. The maximum Gasteiger partial charge on any atom is 0.161 e. The molecule has 3 heteroatoms. The maximum atomic E-state index is 5.61. The lowest BCUT2D eigenvalue weighted by molar-refractivity contribution is 0.171. The Hall–Kier alpha value is -1.48. The van der Waals surface area contributed by atoms with E-state index in [1.807, 2.05) is 6.07 Å². The van der Waals surface area contributed by atoms with Gasteiger partial charge in [0, 0.05) is 6.54 Å². The van der Waals surface area contributed by atoms with Gasteiger partial charge in [-0.25, -0.2) is 0 Å². The van der Waals surface area contributed by atoms with Crippen LogP contribution in [0.25, 0.3) is 6.08 Å². The summed E-state index contributed by atoms with van der Waals surface area (Å²) in [7, 11) is 0. The van der Waals surface area contributed by atoms with Crippen LogP contribution in [0.1, 0.15) is 32.3 Å². The first-order valence-corrected chi connectivity index (χ1v) is 7.13. The standard InChI is InChI=1S/C16H23NO2/c1-3-7-17-12-13(4-2)10-14-5-6-15-16(11-14)19-9-8-18-15/h5-6,10-11,17H,3-4,7-9,12H2,1-2H3. The zero-order valence-corrected chi connectivity index (χ0v) is 11.9. The third-order valence-electron chi connectivity index (χ3n) is 3.17. The summed E-state index contributed by atoms with van der Waals surface area (Å²) in [6.45, 7) is 7.68. The van der Waals surface area contributed by atoms with Gasteiger partial charge in [-0.3, -0.25) is 0 Å². The minimum atomic E-state index is 0.638. The molecule has 0 aromatic heterocycles. The molecule has 0 unspecified atom stereocenters. The van der Waals surface area contributed by atoms with Crippen LogP contribution in [0.15, 0.2) is 23.8 Å². The van der Waals surface area contributed by atoms with Crippen LogP contribution in [0.2, 0.25) is 0 Å². The van der Waals surface area contributed by atoms with Gasteiger partial charge >= 0.3 is 0 Å². The summed E-state index contributed by atoms with van der Waals surface area (Å²) in [4.78, 5) is 0. The Morgan fingerprint density at radius 2 is 2.00 bits per heavy atom. The van der Waals surface area contributed by atoms with Gasteiger partial charge in [0.25, 0.3) is 0 Å². The molecular formula is C16H23NO2. The molecule has 0 atom stereocenters. The third kappa shape index (κ3) is 4.00. The Kier molecular flexibility index (Phi) is 5.28. The largest absolute Gasteiger partial charge is 0.486 e. The van der Waals surface area contributed by atoms with E-state index in [1.54, 1.807) is 0 Å². The molecule has 1 aromatic carbocycles. The van der Waals surface area contributed by atoms with Gasteiger partial charge in [0.2, 0.25) is 0 Å². The van der Waals surface area contributed by atoms with Crippen molar-refractivity contribution >= 4 is 6.08 Å². The van der Waals surface area contributed by atoms with E-state index >= 15 is 0 Å². The van der Waals surface area contributed by atoms with Crippen LogP contribution >= 0.6 is 0 Å². The van der Waals surface area contributed by atoms with Crippen molar-refractivity contribution in [3.05, 3.63) is 29.3 Å². The lowest BCUT2D eigenvalue weighted by Gasteiger charge is -2.18. The molecule has 0 aliphatic carbocycles. The molecule has 1 aromatic rings. The number of hydrogen-bond acceptors (Lipinski definition) is 3. The van der Waals surface area contributed by atoms with Crippen molar-refractivity contribution in [2.24, 2.45) is 0 Å². The summed E-state index contributed by atoms with van der Waals surface area (Å²) in [5.41, 5.74) is 2.59. The van der Waals surface area contributed by atoms with Gasteiger partial charge < -0.3 is 14.8 Å². The Labute approximate surface area is 115 Å². The van der Waals surface area contributed by atoms with Crippen LogP contribution in [0, 0.1) is 0 Å². The van der Waals surface area contributed by atoms with E-state index in [9.17, 15) is 0 Å². The summed E-state index contributed by atoms with van der Waals surface area (Å²) < 4.78 is 11.1. The van der Waals surface area contributed by atoms with E-state index in [2.05, 4.69) is 37.4 Å². The van der Waals surface area contributed by atoms with Crippen LogP contribution in [0.3, 0.4) is 0 Å². The Balaban J connectivity index is 2.07. The molecule has 0 radical (unpaired) electrons. The van der Waals surface area contributed by atoms with Crippen LogP contribution in [0.5, 0.6) is 11.5 Å². The number of ether oxygens (including phenoxy) is 2. The minimum Gasteiger partial charge on any atom is -0.486 e. The molecule has 0 fully saturated rings.